The molecule has 0 unspecified atom stereocenters. The van der Waals surface area contributed by atoms with Gasteiger partial charge in [0.15, 0.2) is 0 Å². The quantitative estimate of drug-likeness (QED) is 0.147. The van der Waals surface area contributed by atoms with Crippen LogP contribution in [0.2, 0.25) is 0 Å². The van der Waals surface area contributed by atoms with Crippen molar-refractivity contribution in [1.82, 2.24) is 0 Å². The molecule has 0 aliphatic heterocycles. The molecule has 0 bridgehead atoms. The fraction of sp³-hybridized carbons (Fsp3) is 0.0625. The smallest absolute Gasteiger partial charge is 0.872 e. The van der Waals surface area contributed by atoms with Crippen LogP contribution in [0.1, 0.15) is 34.6 Å². The van der Waals surface area contributed by atoms with Gasteiger partial charge in [-0.2, -0.15) is 0 Å². The number of ketones is 4. The van der Waals surface area contributed by atoms with Crippen LogP contribution in [0, 0.1) is 12.8 Å². The van der Waals surface area contributed by atoms with Crippen molar-refractivity contribution < 1.29 is 61.3 Å². The van der Waals surface area contributed by atoms with E-state index in [1.54, 1.807) is 48.5 Å². The number of carbonyl (C=O) groups is 4. The van der Waals surface area contributed by atoms with Crippen molar-refractivity contribution >= 4 is 23.1 Å². The van der Waals surface area contributed by atoms with Gasteiger partial charge in [0, 0.05) is 11.6 Å². The molecule has 0 amide bonds. The van der Waals surface area contributed by atoms with E-state index in [0.29, 0.717) is 11.1 Å². The molecular formula is C32H28O8Ti. The van der Waals surface area contributed by atoms with E-state index in [4.69, 9.17) is 10.2 Å². The van der Waals surface area contributed by atoms with Gasteiger partial charge in [0.25, 0.3) is 0 Å². The molecule has 0 heterocycles. The number of hydrogen-bond donors (Lipinski definition) is 2. The summed E-state index contributed by atoms with van der Waals surface area (Å²) in [6, 6.07) is 28.2. The first kappa shape index (κ1) is 36.2. The molecule has 2 N–H and O–H groups in total. The number of rotatable bonds is 6. The number of hydrogen-bond acceptors (Lipinski definition) is 8. The van der Waals surface area contributed by atoms with E-state index in [2.05, 4.69) is 0 Å². The molecule has 0 fully saturated rings. The second kappa shape index (κ2) is 20.2. The summed E-state index contributed by atoms with van der Waals surface area (Å²) < 4.78 is 0. The van der Waals surface area contributed by atoms with Gasteiger partial charge in [-0.3, -0.25) is 0 Å². The summed E-state index contributed by atoms with van der Waals surface area (Å²) in [7, 11) is 0. The van der Waals surface area contributed by atoms with Crippen LogP contribution in [0.25, 0.3) is 0 Å². The zero-order chi connectivity index (χ0) is 29.9. The molecule has 0 spiro atoms. The summed E-state index contributed by atoms with van der Waals surface area (Å²) in [5.74, 6) is -0.807. The number of phenolic OH excluding ortho intramolecular Hbond substituents is 2. The largest absolute Gasteiger partial charge is 4.00 e. The number of Topliss-reactive ketones (excluding diaryl/α,β-unsaturated/α-hetero) is 4. The number of phenols is 2. The molecule has 0 aliphatic carbocycles. The molecule has 0 saturated heterocycles. The minimum atomic E-state index is -0.233. The molecule has 9 heteroatoms. The molecule has 0 atom stereocenters. The van der Waals surface area contributed by atoms with Crippen molar-refractivity contribution in [3.63, 3.8) is 0 Å². The van der Waals surface area contributed by atoms with E-state index in [9.17, 15) is 29.4 Å². The first-order valence-electron chi connectivity index (χ1n) is 11.8. The van der Waals surface area contributed by atoms with Gasteiger partial charge >= 0.3 is 21.7 Å². The maximum absolute atomic E-state index is 11.2. The summed E-state index contributed by atoms with van der Waals surface area (Å²) in [5.41, 5.74) is 1.10. The minimum Gasteiger partial charge on any atom is -0.872 e. The third-order valence-electron chi connectivity index (χ3n) is 4.46. The fourth-order valence-corrected chi connectivity index (χ4v) is 2.63. The zero-order valence-electron chi connectivity index (χ0n) is 22.4. The van der Waals surface area contributed by atoms with E-state index >= 15 is 0 Å². The Morgan fingerprint density at radius 1 is 0.512 bits per heavy atom. The summed E-state index contributed by atoms with van der Waals surface area (Å²) in [4.78, 5) is 43.5. The van der Waals surface area contributed by atoms with Crippen LogP contribution in [0.4, 0.5) is 0 Å². The Balaban J connectivity index is 0.000000525. The Kier molecular flexibility index (Phi) is 17.8. The molecule has 41 heavy (non-hydrogen) atoms. The van der Waals surface area contributed by atoms with Gasteiger partial charge in [0.05, 0.1) is 11.6 Å². The van der Waals surface area contributed by atoms with Gasteiger partial charge in [-0.25, -0.2) is 0 Å². The third kappa shape index (κ3) is 17.4. The van der Waals surface area contributed by atoms with Crippen LogP contribution in [-0.4, -0.2) is 33.3 Å². The standard InChI is InChI=1S/2C10H9O2.2C6H6O2.Ti/c2*1-8(11)7-10(12)9-5-3-2-4-6-9;2*7-5-1-2-6(8)4-3-5;/h2*2-7H,1H3;2*1-4,7-8H;/q2*-1;;;+4/p-2. The first-order chi connectivity index (χ1) is 19.0. The number of aromatic hydroxyl groups is 2. The van der Waals surface area contributed by atoms with Gasteiger partial charge in [-0.1, -0.05) is 60.7 Å². The summed E-state index contributed by atoms with van der Waals surface area (Å²) >= 11 is 0. The van der Waals surface area contributed by atoms with Crippen molar-refractivity contribution in [3.8, 4) is 23.0 Å². The van der Waals surface area contributed by atoms with Crippen molar-refractivity contribution in [3.05, 3.63) is 133 Å². The van der Waals surface area contributed by atoms with Crippen LogP contribution >= 0.6 is 0 Å². The van der Waals surface area contributed by atoms with Crippen molar-refractivity contribution in [2.75, 3.05) is 0 Å². The van der Waals surface area contributed by atoms with Crippen molar-refractivity contribution in [2.24, 2.45) is 0 Å². The number of benzene rings is 4. The third-order valence-corrected chi connectivity index (χ3v) is 4.46. The predicted molar refractivity (Wildman–Crippen MR) is 147 cm³/mol. The van der Waals surface area contributed by atoms with Gasteiger partial charge < -0.3 is 39.6 Å². The Bertz CT molecular complexity index is 1190. The molecular weight excluding hydrogens is 560 g/mol. The van der Waals surface area contributed by atoms with Gasteiger partial charge in [0.1, 0.15) is 11.5 Å². The van der Waals surface area contributed by atoms with E-state index < -0.39 is 0 Å². The normalized spacial score (nSPS) is 8.83. The van der Waals surface area contributed by atoms with Crippen molar-refractivity contribution in [1.29, 1.82) is 0 Å². The average molecular weight is 588 g/mol. The Morgan fingerprint density at radius 2 is 0.780 bits per heavy atom. The van der Waals surface area contributed by atoms with E-state index in [1.807, 2.05) is 12.1 Å². The van der Waals surface area contributed by atoms with Crippen LogP contribution in [0.5, 0.6) is 23.0 Å². The zero-order valence-corrected chi connectivity index (χ0v) is 24.0. The molecule has 4 aromatic carbocycles. The molecule has 0 aliphatic rings. The van der Waals surface area contributed by atoms with Gasteiger partial charge in [-0.15, -0.1) is 59.7 Å². The molecule has 8 nitrogen and oxygen atoms in total. The maximum Gasteiger partial charge on any atom is 4.00 e. The maximum atomic E-state index is 11.2. The Hall–Kier alpha value is -4.79. The Labute approximate surface area is 253 Å². The molecule has 0 aromatic heterocycles. The number of carbonyl (C=O) groups excluding carboxylic acids is 4. The van der Waals surface area contributed by atoms with E-state index in [0.717, 1.165) is 12.8 Å². The molecule has 208 valence electrons. The van der Waals surface area contributed by atoms with E-state index in [1.165, 1.54) is 62.4 Å². The van der Waals surface area contributed by atoms with Crippen LogP contribution in [0.3, 0.4) is 0 Å². The first-order valence-corrected chi connectivity index (χ1v) is 11.8. The SMILES string of the molecule is CC(=O)[CH-]C(=O)c1ccccc1.CC(=O)[CH-]C(=O)c1ccccc1.[O-]c1ccc(O)cc1.[O-]c1ccc(O)cc1.[Ti+4]. The Morgan fingerprint density at radius 3 is 1.00 bits per heavy atom. The second-order valence-electron chi connectivity index (χ2n) is 7.96. The van der Waals surface area contributed by atoms with Crippen LogP contribution in [-0.2, 0) is 31.3 Å². The average Bonchev–Trinajstić information content (AvgIpc) is 2.93. The fourth-order valence-electron chi connectivity index (χ4n) is 2.63. The summed E-state index contributed by atoms with van der Waals surface area (Å²) in [6.07, 6.45) is 2.19. The molecule has 0 radical (unpaired) electrons. The van der Waals surface area contributed by atoms with Gasteiger partial charge in [0.2, 0.25) is 0 Å². The molecule has 4 rings (SSSR count). The predicted octanol–water partition coefficient (Wildman–Crippen LogP) is 4.25. The van der Waals surface area contributed by atoms with Crippen LogP contribution in [0.15, 0.2) is 109 Å². The summed E-state index contributed by atoms with van der Waals surface area (Å²) in [5, 5.41) is 37.9. The van der Waals surface area contributed by atoms with Crippen molar-refractivity contribution in [2.45, 2.75) is 13.8 Å². The van der Waals surface area contributed by atoms with E-state index in [-0.39, 0.29) is 67.8 Å². The topological polar surface area (TPSA) is 155 Å². The minimum absolute atomic E-state index is 0. The monoisotopic (exact) mass is 588 g/mol. The summed E-state index contributed by atoms with van der Waals surface area (Å²) in [6.45, 7) is 2.72. The van der Waals surface area contributed by atoms with Gasteiger partial charge in [-0.05, 0) is 38.1 Å². The van der Waals surface area contributed by atoms with Crippen LogP contribution < -0.4 is 10.2 Å². The second-order valence-corrected chi connectivity index (χ2v) is 7.96. The molecule has 4 aromatic rings. The molecule has 0 saturated carbocycles.